The Morgan fingerprint density at radius 3 is 2.78 bits per heavy atom. The maximum absolute atomic E-state index is 12.6. The molecular weight excluding hydrogens is 474 g/mol. The van der Waals surface area contributed by atoms with Gasteiger partial charge in [0.2, 0.25) is 11.9 Å². The number of hydrogen-bond donors (Lipinski definition) is 1. The molecule has 12 nitrogen and oxygen atoms in total. The molecule has 5 rings (SSSR count). The highest BCUT2D eigenvalue weighted by Crippen LogP contribution is 2.27. The summed E-state index contributed by atoms with van der Waals surface area (Å²) in [5.41, 5.74) is 2.01. The molecule has 0 spiro atoms. The number of likely N-dealkylation sites (N-methyl/N-ethyl adjacent to an activating group) is 1. The average Bonchev–Trinajstić information content (AvgIpc) is 3.57. The lowest BCUT2D eigenvalue weighted by molar-refractivity contribution is -0.127. The molecule has 0 radical (unpaired) electrons. The summed E-state index contributed by atoms with van der Waals surface area (Å²) in [6.45, 7) is -0.0913. The summed E-state index contributed by atoms with van der Waals surface area (Å²) in [6, 6.07) is 7.05. The van der Waals surface area contributed by atoms with Gasteiger partial charge in [0.05, 0.1) is 35.4 Å². The van der Waals surface area contributed by atoms with Gasteiger partial charge >= 0.3 is 0 Å². The molecule has 5 heterocycles. The van der Waals surface area contributed by atoms with Crippen molar-refractivity contribution in [2.24, 2.45) is 7.05 Å². The van der Waals surface area contributed by atoms with E-state index in [-0.39, 0.29) is 23.7 Å². The average molecular weight is 496 g/mol. The number of amides is 1. The lowest BCUT2D eigenvalue weighted by Crippen LogP contribution is -2.21. The van der Waals surface area contributed by atoms with Crippen LogP contribution in [0.25, 0.3) is 17.2 Å². The molecule has 0 saturated carbocycles. The summed E-state index contributed by atoms with van der Waals surface area (Å²) in [5.74, 6) is 0.459. The topological polar surface area (TPSA) is 129 Å². The second-order valence-corrected chi connectivity index (χ2v) is 8.18. The molecule has 1 N–H and O–H groups in total. The number of aromatic nitrogens is 8. The third-order valence-corrected chi connectivity index (χ3v) is 5.57. The van der Waals surface area contributed by atoms with Gasteiger partial charge in [0.25, 0.3) is 12.3 Å². The van der Waals surface area contributed by atoms with Crippen LogP contribution in [0.15, 0.2) is 42.9 Å². The molecule has 4 aromatic rings. The number of ether oxygens (including phenoxy) is 1. The predicted molar refractivity (Wildman–Crippen MR) is 123 cm³/mol. The number of nitrogens with zero attached hydrogens (tertiary/aromatic N) is 9. The fourth-order valence-electron chi connectivity index (χ4n) is 3.82. The smallest absolute Gasteiger partial charge is 0.272 e. The molecule has 1 aliphatic heterocycles. The molecule has 186 valence electrons. The molecule has 36 heavy (non-hydrogen) atoms. The van der Waals surface area contributed by atoms with Gasteiger partial charge in [-0.3, -0.25) is 9.48 Å². The van der Waals surface area contributed by atoms with Crippen LogP contribution in [0.3, 0.4) is 0 Å². The number of pyridine rings is 1. The van der Waals surface area contributed by atoms with Gasteiger partial charge in [-0.05, 0) is 24.6 Å². The van der Waals surface area contributed by atoms with Crippen molar-refractivity contribution in [1.82, 2.24) is 44.6 Å². The summed E-state index contributed by atoms with van der Waals surface area (Å²) in [4.78, 5) is 27.3. The Balaban J connectivity index is 1.36. The number of halogens is 2. The zero-order valence-electron chi connectivity index (χ0n) is 19.4. The fraction of sp³-hybridized carbons (Fsp3) is 0.318. The van der Waals surface area contributed by atoms with Gasteiger partial charge in [0.15, 0.2) is 12.4 Å². The molecule has 1 amide bonds. The van der Waals surface area contributed by atoms with E-state index >= 15 is 0 Å². The zero-order valence-corrected chi connectivity index (χ0v) is 19.4. The molecule has 14 heteroatoms. The van der Waals surface area contributed by atoms with E-state index in [0.29, 0.717) is 41.6 Å². The van der Waals surface area contributed by atoms with Crippen LogP contribution in [-0.4, -0.2) is 77.2 Å². The third-order valence-electron chi connectivity index (χ3n) is 5.57. The van der Waals surface area contributed by atoms with E-state index < -0.39 is 13.0 Å². The number of hydrogen-bond acceptors (Lipinski definition) is 9. The van der Waals surface area contributed by atoms with Gasteiger partial charge in [-0.1, -0.05) is 11.3 Å². The molecule has 1 aliphatic rings. The van der Waals surface area contributed by atoms with Crippen LogP contribution in [-0.2, 0) is 11.8 Å². The van der Waals surface area contributed by atoms with E-state index in [1.165, 1.54) is 9.36 Å². The van der Waals surface area contributed by atoms with Gasteiger partial charge < -0.3 is 15.0 Å². The van der Waals surface area contributed by atoms with Crippen molar-refractivity contribution in [3.05, 3.63) is 48.5 Å². The van der Waals surface area contributed by atoms with Crippen LogP contribution in [0.1, 0.15) is 18.0 Å². The van der Waals surface area contributed by atoms with Crippen LogP contribution in [0, 0.1) is 0 Å². The molecule has 0 aliphatic carbocycles. The minimum absolute atomic E-state index is 0.0147. The normalized spacial score (nSPS) is 15.6. The van der Waals surface area contributed by atoms with Crippen molar-refractivity contribution in [2.45, 2.75) is 18.8 Å². The van der Waals surface area contributed by atoms with Crippen LogP contribution in [0.4, 0.5) is 20.4 Å². The molecule has 1 atom stereocenters. The second kappa shape index (κ2) is 9.64. The second-order valence-electron chi connectivity index (χ2n) is 8.18. The van der Waals surface area contributed by atoms with Crippen molar-refractivity contribution in [1.29, 1.82) is 0 Å². The summed E-state index contributed by atoms with van der Waals surface area (Å²) in [5, 5.41) is 15.3. The van der Waals surface area contributed by atoms with Crippen molar-refractivity contribution in [3.63, 3.8) is 0 Å². The van der Waals surface area contributed by atoms with Crippen LogP contribution >= 0.6 is 0 Å². The van der Waals surface area contributed by atoms with E-state index in [1.807, 2.05) is 0 Å². The largest absolute Gasteiger partial charge is 0.469 e. The van der Waals surface area contributed by atoms with Gasteiger partial charge in [-0.2, -0.15) is 0 Å². The number of carbonyl (C=O) groups excluding carboxylic acids is 1. The minimum atomic E-state index is -2.63. The van der Waals surface area contributed by atoms with Crippen molar-refractivity contribution < 1.29 is 18.3 Å². The number of rotatable bonds is 8. The monoisotopic (exact) mass is 496 g/mol. The highest BCUT2D eigenvalue weighted by Gasteiger charge is 2.32. The van der Waals surface area contributed by atoms with Crippen LogP contribution < -0.4 is 10.1 Å². The van der Waals surface area contributed by atoms with E-state index in [4.69, 9.17) is 4.74 Å². The molecular formula is C22H22F2N10O2. The summed E-state index contributed by atoms with van der Waals surface area (Å²) >= 11 is 0. The van der Waals surface area contributed by atoms with E-state index in [9.17, 15) is 13.6 Å². The first-order chi connectivity index (χ1) is 17.4. The SMILES string of the molecule is CN1CC[C@@H](c2cn(-c3cccc(-c4ccnc(Nc5cn(C)nc5OCC(F)F)n4)n3)nn2)C1=O. The van der Waals surface area contributed by atoms with E-state index in [0.717, 1.165) is 0 Å². The Labute approximate surface area is 203 Å². The highest BCUT2D eigenvalue weighted by molar-refractivity contribution is 5.84. The summed E-state index contributed by atoms with van der Waals surface area (Å²) in [7, 11) is 3.41. The first-order valence-electron chi connectivity index (χ1n) is 11.1. The number of carbonyl (C=O) groups is 1. The quantitative estimate of drug-likeness (QED) is 0.390. The standard InChI is InChI=1S/C22H22F2N10O2/c1-32-9-7-13(21(32)35)16-11-34(31-29-16)19-5-3-4-14(26-19)15-6-8-25-22(27-15)28-17-10-33(2)30-20(17)36-12-18(23)24/h3-6,8,10-11,13,18H,7,9,12H2,1-2H3,(H,25,27,28)/t13-/m0/s1. The van der Waals surface area contributed by atoms with Crippen molar-refractivity contribution in [3.8, 4) is 23.1 Å². The number of alkyl halides is 2. The summed E-state index contributed by atoms with van der Waals surface area (Å²) in [6.07, 6.45) is 2.91. The molecule has 0 unspecified atom stereocenters. The van der Waals surface area contributed by atoms with Gasteiger partial charge in [0.1, 0.15) is 5.69 Å². The van der Waals surface area contributed by atoms with Crippen molar-refractivity contribution in [2.75, 3.05) is 25.5 Å². The molecule has 4 aromatic heterocycles. The van der Waals surface area contributed by atoms with Crippen LogP contribution in [0.2, 0.25) is 0 Å². The van der Waals surface area contributed by atoms with Gasteiger partial charge in [-0.15, -0.1) is 10.2 Å². The first-order valence-corrected chi connectivity index (χ1v) is 11.1. The van der Waals surface area contributed by atoms with E-state index in [1.54, 1.807) is 61.9 Å². The number of likely N-dealkylation sites (tertiary alicyclic amines) is 1. The maximum atomic E-state index is 12.6. The molecule has 1 fully saturated rings. The Bertz CT molecular complexity index is 1390. The maximum Gasteiger partial charge on any atom is 0.272 e. The zero-order chi connectivity index (χ0) is 25.2. The Kier molecular flexibility index (Phi) is 6.23. The Morgan fingerprint density at radius 2 is 2.00 bits per heavy atom. The van der Waals surface area contributed by atoms with Crippen molar-refractivity contribution >= 4 is 17.5 Å². The highest BCUT2D eigenvalue weighted by atomic mass is 19.3. The molecule has 0 aromatic carbocycles. The summed E-state index contributed by atoms with van der Waals surface area (Å²) < 4.78 is 33.1. The third kappa shape index (κ3) is 4.82. The number of aryl methyl sites for hydroxylation is 1. The molecule has 0 bridgehead atoms. The predicted octanol–water partition coefficient (Wildman–Crippen LogP) is 2.19. The molecule has 1 saturated heterocycles. The lowest BCUT2D eigenvalue weighted by atomic mass is 10.1. The number of nitrogens with one attached hydrogen (secondary N) is 1. The van der Waals surface area contributed by atoms with Crippen LogP contribution in [0.5, 0.6) is 5.88 Å². The van der Waals surface area contributed by atoms with Gasteiger partial charge in [0, 0.05) is 26.8 Å². The fourth-order valence-corrected chi connectivity index (χ4v) is 3.82. The Morgan fingerprint density at radius 1 is 1.17 bits per heavy atom. The first kappa shape index (κ1) is 23.3. The minimum Gasteiger partial charge on any atom is -0.469 e. The number of anilines is 2. The van der Waals surface area contributed by atoms with Gasteiger partial charge in [-0.25, -0.2) is 28.4 Å². The van der Waals surface area contributed by atoms with E-state index in [2.05, 4.69) is 35.7 Å². The lowest BCUT2D eigenvalue weighted by Gasteiger charge is -2.08. The Hall–Kier alpha value is -4.49.